The zero-order valence-corrected chi connectivity index (χ0v) is 19.0. The number of halogens is 4. The van der Waals surface area contributed by atoms with E-state index in [1.807, 2.05) is 0 Å². The quantitative estimate of drug-likeness (QED) is 0.433. The van der Waals surface area contributed by atoms with Crippen LogP contribution in [0.3, 0.4) is 0 Å². The molecule has 2 heterocycles. The number of carbonyl (C=O) groups is 3. The average Bonchev–Trinajstić information content (AvgIpc) is 3.09. The van der Waals surface area contributed by atoms with Crippen molar-refractivity contribution < 1.29 is 32.3 Å². The highest BCUT2D eigenvalue weighted by Gasteiger charge is 2.37. The minimum Gasteiger partial charge on any atom is -0.406 e. The van der Waals surface area contributed by atoms with Crippen LogP contribution in [-0.2, 0) is 11.3 Å². The third-order valence-corrected chi connectivity index (χ3v) is 5.24. The van der Waals surface area contributed by atoms with Gasteiger partial charge in [0.25, 0.3) is 5.91 Å². The van der Waals surface area contributed by atoms with E-state index in [-0.39, 0.29) is 18.8 Å². The molecule has 1 fully saturated rings. The molecule has 13 heteroatoms. The fourth-order valence-corrected chi connectivity index (χ4v) is 3.55. The van der Waals surface area contributed by atoms with Gasteiger partial charge in [-0.25, -0.2) is 14.5 Å². The van der Waals surface area contributed by atoms with Crippen LogP contribution >= 0.6 is 11.6 Å². The van der Waals surface area contributed by atoms with Gasteiger partial charge in [-0.05, 0) is 60.2 Å². The van der Waals surface area contributed by atoms with Gasteiger partial charge in [-0.15, -0.1) is 13.2 Å². The topological polar surface area (TPSA) is 104 Å². The van der Waals surface area contributed by atoms with E-state index in [2.05, 4.69) is 20.4 Å². The molecule has 0 atom stereocenters. The van der Waals surface area contributed by atoms with Crippen LogP contribution in [0.15, 0.2) is 67.0 Å². The van der Waals surface area contributed by atoms with Crippen molar-refractivity contribution in [3.63, 3.8) is 0 Å². The number of rotatable bonds is 6. The normalized spacial score (nSPS) is 13.7. The fraction of sp³-hybridized carbons (Fsp3) is 0.130. The first-order chi connectivity index (χ1) is 17.1. The Hall–Kier alpha value is -4.32. The van der Waals surface area contributed by atoms with Gasteiger partial charge in [-0.2, -0.15) is 0 Å². The maximum absolute atomic E-state index is 12.9. The molecule has 9 nitrogen and oxygen atoms in total. The number of pyridine rings is 1. The van der Waals surface area contributed by atoms with Gasteiger partial charge in [0.2, 0.25) is 0 Å². The predicted octanol–water partition coefficient (Wildman–Crippen LogP) is 5.25. The molecule has 1 saturated heterocycles. The molecular formula is C23H17ClF3N5O4. The standard InChI is InChI=1S/C23H17ClF3N5O4/c24-15-1-3-16(4-2-15)29-21(34)30-19-11-28-10-9-14(19)12-31-13-20(33)32(22(31)35)17-5-7-18(8-6-17)36-23(25,26)27/h1-11H,12-13H2,(H2,29,30,34). The van der Waals surface area contributed by atoms with Gasteiger partial charge in [0.1, 0.15) is 12.3 Å². The van der Waals surface area contributed by atoms with Crippen LogP contribution in [0.25, 0.3) is 0 Å². The van der Waals surface area contributed by atoms with Crippen LogP contribution in [-0.4, -0.2) is 40.8 Å². The molecule has 1 aliphatic rings. The molecule has 36 heavy (non-hydrogen) atoms. The first-order valence-corrected chi connectivity index (χ1v) is 10.7. The van der Waals surface area contributed by atoms with Crippen LogP contribution in [0.5, 0.6) is 5.75 Å². The second kappa shape index (κ2) is 10.1. The lowest BCUT2D eigenvalue weighted by atomic mass is 10.2. The lowest BCUT2D eigenvalue weighted by Gasteiger charge is -2.19. The van der Waals surface area contributed by atoms with E-state index in [4.69, 9.17) is 11.6 Å². The highest BCUT2D eigenvalue weighted by molar-refractivity contribution is 6.30. The van der Waals surface area contributed by atoms with Gasteiger partial charge < -0.3 is 20.3 Å². The van der Waals surface area contributed by atoms with Gasteiger partial charge in [0.15, 0.2) is 0 Å². The van der Waals surface area contributed by atoms with Crippen molar-refractivity contribution >= 4 is 46.6 Å². The number of hydrogen-bond acceptors (Lipinski definition) is 5. The zero-order chi connectivity index (χ0) is 25.9. The van der Waals surface area contributed by atoms with Crippen LogP contribution in [0, 0.1) is 0 Å². The molecule has 186 valence electrons. The number of amides is 5. The van der Waals surface area contributed by atoms with Crippen molar-refractivity contribution in [2.45, 2.75) is 12.9 Å². The largest absolute Gasteiger partial charge is 0.573 e. The summed E-state index contributed by atoms with van der Waals surface area (Å²) < 4.78 is 40.9. The number of ether oxygens (including phenoxy) is 1. The van der Waals surface area contributed by atoms with Crippen LogP contribution < -0.4 is 20.3 Å². The Balaban J connectivity index is 1.44. The van der Waals surface area contributed by atoms with Gasteiger partial charge in [-0.1, -0.05) is 11.6 Å². The summed E-state index contributed by atoms with van der Waals surface area (Å²) in [6, 6.07) is 11.2. The van der Waals surface area contributed by atoms with Crippen LogP contribution in [0.1, 0.15) is 5.56 Å². The Morgan fingerprint density at radius 3 is 2.39 bits per heavy atom. The first kappa shape index (κ1) is 24.8. The summed E-state index contributed by atoms with van der Waals surface area (Å²) in [7, 11) is 0. The van der Waals surface area contributed by atoms with E-state index in [1.54, 1.807) is 30.3 Å². The molecule has 1 aliphatic heterocycles. The summed E-state index contributed by atoms with van der Waals surface area (Å²) in [4.78, 5) is 44.0. The molecule has 0 saturated carbocycles. The number of anilines is 3. The summed E-state index contributed by atoms with van der Waals surface area (Å²) in [6.07, 6.45) is -1.99. The summed E-state index contributed by atoms with van der Waals surface area (Å²) in [6.45, 7) is -0.298. The molecule has 4 rings (SSSR count). The van der Waals surface area contributed by atoms with E-state index >= 15 is 0 Å². The molecule has 0 unspecified atom stereocenters. The van der Waals surface area contributed by atoms with Crippen molar-refractivity contribution in [2.24, 2.45) is 0 Å². The number of nitrogens with zero attached hydrogens (tertiary/aromatic N) is 3. The Bertz CT molecular complexity index is 1290. The third kappa shape index (κ3) is 6.02. The lowest BCUT2D eigenvalue weighted by molar-refractivity contribution is -0.274. The summed E-state index contributed by atoms with van der Waals surface area (Å²) in [5, 5.41) is 5.81. The number of aromatic nitrogens is 1. The molecule has 1 aromatic heterocycles. The second-order valence-electron chi connectivity index (χ2n) is 7.53. The zero-order valence-electron chi connectivity index (χ0n) is 18.3. The summed E-state index contributed by atoms with van der Waals surface area (Å²) in [5.41, 5.74) is 1.42. The van der Waals surface area contributed by atoms with E-state index in [0.717, 1.165) is 17.0 Å². The SMILES string of the molecule is O=C(Nc1ccc(Cl)cc1)Nc1cnccc1CN1CC(=O)N(c2ccc(OC(F)(F)F)cc2)C1=O. The van der Waals surface area contributed by atoms with E-state index in [0.29, 0.717) is 22.0 Å². The fourth-order valence-electron chi connectivity index (χ4n) is 3.42. The average molecular weight is 520 g/mol. The number of nitrogens with one attached hydrogen (secondary N) is 2. The molecule has 2 aromatic carbocycles. The minimum absolute atomic E-state index is 0.0323. The maximum atomic E-state index is 12.9. The highest BCUT2D eigenvalue weighted by Crippen LogP contribution is 2.28. The summed E-state index contributed by atoms with van der Waals surface area (Å²) in [5.74, 6) is -1.04. The Morgan fingerprint density at radius 1 is 1.03 bits per heavy atom. The van der Waals surface area contributed by atoms with Gasteiger partial charge in [0, 0.05) is 16.9 Å². The van der Waals surface area contributed by atoms with Crippen LogP contribution in [0.2, 0.25) is 5.02 Å². The molecule has 2 N–H and O–H groups in total. The number of alkyl halides is 3. The molecular weight excluding hydrogens is 503 g/mol. The van der Waals surface area contributed by atoms with E-state index in [1.165, 1.54) is 29.4 Å². The number of imide groups is 1. The van der Waals surface area contributed by atoms with Crippen LogP contribution in [0.4, 0.5) is 39.8 Å². The Kier molecular flexibility index (Phi) is 6.97. The number of hydrogen-bond donors (Lipinski definition) is 2. The monoisotopic (exact) mass is 519 g/mol. The van der Waals surface area contributed by atoms with Gasteiger partial charge in [0.05, 0.1) is 24.1 Å². The highest BCUT2D eigenvalue weighted by atomic mass is 35.5. The summed E-state index contributed by atoms with van der Waals surface area (Å²) >= 11 is 5.84. The second-order valence-corrected chi connectivity index (χ2v) is 7.96. The van der Waals surface area contributed by atoms with E-state index < -0.39 is 30.1 Å². The van der Waals surface area contributed by atoms with Gasteiger partial charge in [-0.3, -0.25) is 9.78 Å². The number of benzene rings is 2. The Labute approximate surface area is 207 Å². The number of urea groups is 2. The predicted molar refractivity (Wildman–Crippen MR) is 125 cm³/mol. The molecule has 5 amide bonds. The molecule has 0 bridgehead atoms. The van der Waals surface area contributed by atoms with Crippen molar-refractivity contribution in [3.8, 4) is 5.75 Å². The van der Waals surface area contributed by atoms with Crippen molar-refractivity contribution in [3.05, 3.63) is 77.6 Å². The maximum Gasteiger partial charge on any atom is 0.573 e. The number of carbonyl (C=O) groups excluding carboxylic acids is 3. The lowest BCUT2D eigenvalue weighted by Crippen LogP contribution is -2.33. The van der Waals surface area contributed by atoms with Crippen molar-refractivity contribution in [1.82, 2.24) is 9.88 Å². The van der Waals surface area contributed by atoms with Crippen molar-refractivity contribution in [1.29, 1.82) is 0 Å². The first-order valence-electron chi connectivity index (χ1n) is 10.3. The molecule has 3 aromatic rings. The third-order valence-electron chi connectivity index (χ3n) is 4.99. The minimum atomic E-state index is -4.86. The van der Waals surface area contributed by atoms with E-state index in [9.17, 15) is 27.6 Å². The molecule has 0 spiro atoms. The van der Waals surface area contributed by atoms with Gasteiger partial charge >= 0.3 is 18.4 Å². The Morgan fingerprint density at radius 2 is 1.72 bits per heavy atom. The van der Waals surface area contributed by atoms with Crippen molar-refractivity contribution in [2.75, 3.05) is 22.1 Å². The molecule has 0 aliphatic carbocycles. The smallest absolute Gasteiger partial charge is 0.406 e. The molecule has 0 radical (unpaired) electrons.